The molecule has 0 N–H and O–H groups in total. The van der Waals surface area contributed by atoms with Crippen LogP contribution in [0.5, 0.6) is 0 Å². The van der Waals surface area contributed by atoms with E-state index >= 15 is 0 Å². The summed E-state index contributed by atoms with van der Waals surface area (Å²) < 4.78 is 43.6. The molecule has 780 valence electrons. The lowest BCUT2D eigenvalue weighted by Crippen LogP contribution is -2.47. The van der Waals surface area contributed by atoms with E-state index in [0.29, 0.717) is 37.1 Å². The maximum Gasteiger partial charge on any atom is 0.311 e. The molecule has 0 amide bonds. The Bertz CT molecular complexity index is 3060. The Morgan fingerprint density at radius 1 is 0.267 bits per heavy atom. The lowest BCUT2D eigenvalue weighted by atomic mass is 9.55. The zero-order valence-corrected chi connectivity index (χ0v) is 96.8. The topological polar surface area (TPSA) is 210 Å². The summed E-state index contributed by atoms with van der Waals surface area (Å²) >= 11 is 0. The van der Waals surface area contributed by atoms with Crippen LogP contribution in [0.4, 0.5) is 0 Å². The van der Waals surface area contributed by atoms with Crippen LogP contribution >= 0.6 is 0 Å². The first-order chi connectivity index (χ1) is 59.0. The molecule has 0 heterocycles. The highest BCUT2D eigenvalue weighted by Gasteiger charge is 2.49. The van der Waals surface area contributed by atoms with Crippen LogP contribution in [-0.2, 0) is 76.3 Å². The molecule has 0 unspecified atom stereocenters. The zero-order valence-electron chi connectivity index (χ0n) is 96.8. The second-order valence-electron chi connectivity index (χ2n) is 52.9. The average Bonchev–Trinajstić information content (AvgIpc) is 1.11. The highest BCUT2D eigenvalue weighted by Crippen LogP contribution is 2.54. The lowest BCUT2D eigenvalue weighted by Gasteiger charge is -2.51. The molecule has 0 bridgehead atoms. The minimum atomic E-state index is -0.409. The van der Waals surface area contributed by atoms with E-state index in [1.807, 2.05) is 222 Å². The van der Waals surface area contributed by atoms with Crippen molar-refractivity contribution < 1.29 is 76.3 Å². The number of hydrogen-bond acceptors (Lipinski definition) is 16. The molecule has 0 radical (unpaired) electrons. The fraction of sp³-hybridized carbons (Fsp3) is 0.930. The number of carbonyl (C=O) groups excluding carboxylic acids is 8. The van der Waals surface area contributed by atoms with E-state index in [1.165, 1.54) is 96.3 Å². The van der Waals surface area contributed by atoms with Crippen molar-refractivity contribution in [3.63, 3.8) is 0 Å². The van der Waals surface area contributed by atoms with E-state index in [4.69, 9.17) is 37.9 Å². The molecule has 0 aromatic rings. The first-order valence-corrected chi connectivity index (χ1v) is 52.5. The van der Waals surface area contributed by atoms with Crippen molar-refractivity contribution in [1.29, 1.82) is 0 Å². The summed E-state index contributed by atoms with van der Waals surface area (Å²) in [5, 5.41) is 0. The maximum atomic E-state index is 11.9. The molecule has 131 heavy (non-hydrogen) atoms. The van der Waals surface area contributed by atoms with E-state index in [-0.39, 0.29) is 143 Å². The molecule has 7 aliphatic carbocycles. The Labute approximate surface area is 813 Å². The SMILES string of the molecule is CC.CC.CC.CC.CC(C)(C)C(=O)OC1CC(C(C)(C)C(C)(C)C)C1.CC(C)(C)C(=O)OCC(C)(C)C(C)(C)C.CC(C)(C)C(=O)OCC1(C(C)(C)C)CCCC1.CC(C)(C)CC1CCC(OC(=O)C(C)(C)C)CC1.CC1CC(OC(=O)C(C)(C)C)C1.CC1CCC(COC(=O)C(C)(C)C)CC1.CC1CCC(OC(=O)C(C)(C)C)CC1.CC1CCC(OC(=O)C(C)(C)C)CC1. The molecule has 0 aromatic heterocycles. The summed E-state index contributed by atoms with van der Waals surface area (Å²) in [7, 11) is 0. The van der Waals surface area contributed by atoms with Crippen molar-refractivity contribution in [2.45, 2.75) is 551 Å². The minimum Gasteiger partial charge on any atom is -0.465 e. The van der Waals surface area contributed by atoms with Gasteiger partial charge in [-0.25, -0.2) is 0 Å². The number of esters is 8. The predicted molar refractivity (Wildman–Crippen MR) is 554 cm³/mol. The summed E-state index contributed by atoms with van der Waals surface area (Å²) in [5.41, 5.74) is -1.46. The largest absolute Gasteiger partial charge is 0.465 e. The Balaban J connectivity index is -0.000000457. The fourth-order valence-corrected chi connectivity index (χ4v) is 14.6. The average molecular weight is 1860 g/mol. The van der Waals surface area contributed by atoms with Crippen LogP contribution in [0.15, 0.2) is 0 Å². The number of rotatable bonds is 13. The van der Waals surface area contributed by atoms with E-state index in [9.17, 15) is 38.4 Å². The molecular formula is C115H224O16. The summed E-state index contributed by atoms with van der Waals surface area (Å²) in [6.45, 7) is 108. The fourth-order valence-electron chi connectivity index (χ4n) is 14.6. The van der Waals surface area contributed by atoms with Crippen LogP contribution in [0.3, 0.4) is 0 Å². The van der Waals surface area contributed by atoms with Crippen LogP contribution in [0.1, 0.15) is 521 Å². The number of carbonyl (C=O) groups is 8. The number of hydrogen-bond donors (Lipinski definition) is 0. The summed E-state index contributed by atoms with van der Waals surface area (Å²) in [6.07, 6.45) is 29.7. The highest BCUT2D eigenvalue weighted by molar-refractivity contribution is 5.78. The zero-order chi connectivity index (χ0) is 105. The summed E-state index contributed by atoms with van der Waals surface area (Å²) in [6, 6.07) is 0. The standard InChI is InChI=1S/2C16H30O2.C15H28O2.C13H24O2.C13H26O2.2C12H22O2.C10H18O2.4C2H6/c1-14(2,3)13(17)18-12-9-11(10-12)16(7,8)15(4,5)6;1-15(2,3)11-12-7-9-13(10-8-12)18-14(17)16(4,5)6;1-13(2,3)12(16)17-11-15(14(4,5)6)9-7-8-10-15;1-10-5-7-11(8-6-10)9-15-12(14)13(2,3)4;1-11(2,3)10(14)15-9-13(7,8)12(4,5)6;2*1-9-5-7-10(8-6-9)14-11(13)12(2,3)4;1-7-5-8(6-7)12-9(11)10(2,3)4;4*1-2/h11-12H,9-10H2,1-8H3;12-13H,7-11H2,1-6H3;7-11H2,1-6H3;10-11H,5-9H2,1-4H3;9H2,1-8H3;2*9-10H,5-8H2,1-4H3;7-8H,5-6H2,1-4H3;4*1-2H3. The Hall–Kier alpha value is -4.24. The van der Waals surface area contributed by atoms with Gasteiger partial charge in [0.2, 0.25) is 0 Å². The molecule has 0 saturated heterocycles. The minimum absolute atomic E-state index is 0.00604. The second-order valence-corrected chi connectivity index (χ2v) is 52.9. The van der Waals surface area contributed by atoms with Crippen molar-refractivity contribution in [3.8, 4) is 0 Å². The third-order valence-corrected chi connectivity index (χ3v) is 27.1. The van der Waals surface area contributed by atoms with Gasteiger partial charge in [0.25, 0.3) is 0 Å². The summed E-state index contributed by atoms with van der Waals surface area (Å²) in [5.74, 6) is 4.71. The quantitative estimate of drug-likeness (QED) is 0.124. The molecule has 7 rings (SSSR count). The third kappa shape index (κ3) is 57.0. The van der Waals surface area contributed by atoms with E-state index < -0.39 is 10.8 Å². The molecular weight excluding hydrogens is 1640 g/mol. The van der Waals surface area contributed by atoms with Crippen molar-refractivity contribution in [1.82, 2.24) is 0 Å². The van der Waals surface area contributed by atoms with Gasteiger partial charge in [0, 0.05) is 10.8 Å². The molecule has 7 fully saturated rings. The molecule has 7 aliphatic rings. The van der Waals surface area contributed by atoms with Gasteiger partial charge in [-0.05, 0) is 370 Å². The molecule has 0 atom stereocenters. The van der Waals surface area contributed by atoms with Gasteiger partial charge in [-0.15, -0.1) is 0 Å². The van der Waals surface area contributed by atoms with E-state index in [2.05, 4.69) is 138 Å². The van der Waals surface area contributed by atoms with Crippen LogP contribution in [0, 0.1) is 123 Å². The van der Waals surface area contributed by atoms with Crippen molar-refractivity contribution in [3.05, 3.63) is 0 Å². The molecule has 0 aliphatic heterocycles. The van der Waals surface area contributed by atoms with Gasteiger partial charge >= 0.3 is 47.8 Å². The second kappa shape index (κ2) is 59.3. The van der Waals surface area contributed by atoms with Crippen LogP contribution < -0.4 is 0 Å². The van der Waals surface area contributed by atoms with E-state index in [0.717, 1.165) is 93.8 Å². The first kappa shape index (κ1) is 135. The predicted octanol–water partition coefficient (Wildman–Crippen LogP) is 33.0. The smallest absolute Gasteiger partial charge is 0.311 e. The molecule has 16 heteroatoms. The van der Waals surface area contributed by atoms with Gasteiger partial charge in [0.1, 0.15) is 30.5 Å². The van der Waals surface area contributed by atoms with Crippen molar-refractivity contribution in [2.24, 2.45) is 123 Å². The Kier molecular flexibility index (Phi) is 61.2. The Morgan fingerprint density at radius 2 is 0.511 bits per heavy atom. The van der Waals surface area contributed by atoms with Crippen molar-refractivity contribution in [2.75, 3.05) is 19.8 Å². The van der Waals surface area contributed by atoms with Gasteiger partial charge in [0.05, 0.1) is 63.1 Å². The van der Waals surface area contributed by atoms with Gasteiger partial charge in [0.15, 0.2) is 0 Å². The monoisotopic (exact) mass is 1860 g/mol. The third-order valence-electron chi connectivity index (χ3n) is 27.1. The van der Waals surface area contributed by atoms with Crippen LogP contribution in [0.25, 0.3) is 0 Å². The Morgan fingerprint density at radius 3 is 0.763 bits per heavy atom. The molecule has 0 aromatic carbocycles. The lowest BCUT2D eigenvalue weighted by molar-refractivity contribution is -0.171. The van der Waals surface area contributed by atoms with Crippen molar-refractivity contribution >= 4 is 47.8 Å². The first-order valence-electron chi connectivity index (χ1n) is 52.5. The molecule has 7 saturated carbocycles. The van der Waals surface area contributed by atoms with Gasteiger partial charge < -0.3 is 37.9 Å². The normalized spacial score (nSPS) is 23.4. The number of ether oxygens (including phenoxy) is 8. The van der Waals surface area contributed by atoms with E-state index in [1.54, 1.807) is 0 Å². The summed E-state index contributed by atoms with van der Waals surface area (Å²) in [4.78, 5) is 93.2. The van der Waals surface area contributed by atoms with Crippen LogP contribution in [-0.4, -0.2) is 98.1 Å². The molecule has 16 nitrogen and oxygen atoms in total. The van der Waals surface area contributed by atoms with Gasteiger partial charge in [-0.2, -0.15) is 0 Å². The van der Waals surface area contributed by atoms with Gasteiger partial charge in [-0.3, -0.25) is 38.4 Å². The molecule has 0 spiro atoms. The highest BCUT2D eigenvalue weighted by atomic mass is 16.6. The maximum absolute atomic E-state index is 11.9. The van der Waals surface area contributed by atoms with Crippen LogP contribution in [0.2, 0.25) is 0 Å². The van der Waals surface area contributed by atoms with Gasteiger partial charge in [-0.1, -0.05) is 220 Å².